The smallest absolute Gasteiger partial charge is 0.290 e. The van der Waals surface area contributed by atoms with Crippen molar-refractivity contribution in [1.29, 1.82) is 0 Å². The number of ether oxygens (including phenoxy) is 1. The van der Waals surface area contributed by atoms with E-state index in [9.17, 15) is 4.79 Å². The lowest BCUT2D eigenvalue weighted by Gasteiger charge is -2.11. The SMILES string of the molecule is CCOC(C(=O)Nc1ccccc1)=C(C)C. The zero-order valence-electron chi connectivity index (χ0n) is 9.91. The molecule has 0 heterocycles. The van der Waals surface area contributed by atoms with Crippen molar-refractivity contribution in [3.05, 3.63) is 41.7 Å². The number of hydrogen-bond acceptors (Lipinski definition) is 2. The fourth-order valence-corrected chi connectivity index (χ4v) is 1.29. The minimum atomic E-state index is -0.201. The van der Waals surface area contributed by atoms with Crippen LogP contribution in [-0.4, -0.2) is 12.5 Å². The monoisotopic (exact) mass is 219 g/mol. The molecular weight excluding hydrogens is 202 g/mol. The molecule has 0 aliphatic carbocycles. The molecule has 0 radical (unpaired) electrons. The highest BCUT2D eigenvalue weighted by atomic mass is 16.5. The molecule has 0 aliphatic rings. The molecule has 0 aromatic heterocycles. The summed E-state index contributed by atoms with van der Waals surface area (Å²) >= 11 is 0. The summed E-state index contributed by atoms with van der Waals surface area (Å²) in [5.74, 6) is 0.194. The minimum absolute atomic E-state index is 0.201. The van der Waals surface area contributed by atoms with Gasteiger partial charge in [0.2, 0.25) is 0 Å². The van der Waals surface area contributed by atoms with Gasteiger partial charge in [0.15, 0.2) is 5.76 Å². The maximum Gasteiger partial charge on any atom is 0.290 e. The Labute approximate surface area is 96.1 Å². The van der Waals surface area contributed by atoms with Crippen molar-refractivity contribution in [1.82, 2.24) is 0 Å². The van der Waals surface area contributed by atoms with Gasteiger partial charge in [-0.15, -0.1) is 0 Å². The first kappa shape index (κ1) is 12.3. The van der Waals surface area contributed by atoms with Crippen LogP contribution in [-0.2, 0) is 9.53 Å². The fraction of sp³-hybridized carbons (Fsp3) is 0.308. The van der Waals surface area contributed by atoms with E-state index >= 15 is 0 Å². The number of carbonyl (C=O) groups is 1. The fourth-order valence-electron chi connectivity index (χ4n) is 1.29. The molecule has 16 heavy (non-hydrogen) atoms. The highest BCUT2D eigenvalue weighted by Gasteiger charge is 2.12. The number of nitrogens with one attached hydrogen (secondary N) is 1. The van der Waals surface area contributed by atoms with E-state index in [2.05, 4.69) is 5.32 Å². The molecule has 0 spiro atoms. The number of anilines is 1. The Bertz CT molecular complexity index is 378. The molecule has 0 saturated carbocycles. The topological polar surface area (TPSA) is 38.3 Å². The van der Waals surface area contributed by atoms with Crippen LogP contribution in [0.3, 0.4) is 0 Å². The lowest BCUT2D eigenvalue weighted by Crippen LogP contribution is -2.17. The van der Waals surface area contributed by atoms with Crippen molar-refractivity contribution < 1.29 is 9.53 Å². The highest BCUT2D eigenvalue weighted by molar-refractivity contribution is 6.02. The zero-order chi connectivity index (χ0) is 12.0. The second-order valence-electron chi connectivity index (χ2n) is 3.58. The second-order valence-corrected chi connectivity index (χ2v) is 3.58. The van der Waals surface area contributed by atoms with Crippen molar-refractivity contribution in [2.45, 2.75) is 20.8 Å². The van der Waals surface area contributed by atoms with Gasteiger partial charge in [-0.2, -0.15) is 0 Å². The molecule has 1 rings (SSSR count). The number of para-hydroxylation sites is 1. The third-order valence-corrected chi connectivity index (χ3v) is 1.98. The quantitative estimate of drug-likeness (QED) is 0.624. The standard InChI is InChI=1S/C13H17NO2/c1-4-16-12(10(2)3)13(15)14-11-8-6-5-7-9-11/h5-9H,4H2,1-3H3,(H,14,15). The molecule has 86 valence electrons. The van der Waals surface area contributed by atoms with Crippen molar-refractivity contribution in [2.75, 3.05) is 11.9 Å². The molecule has 3 heteroatoms. The van der Waals surface area contributed by atoms with Gasteiger partial charge in [-0.05, 0) is 38.5 Å². The van der Waals surface area contributed by atoms with E-state index in [4.69, 9.17) is 4.74 Å². The number of hydrogen-bond donors (Lipinski definition) is 1. The number of benzene rings is 1. The molecule has 3 nitrogen and oxygen atoms in total. The van der Waals surface area contributed by atoms with Crippen molar-refractivity contribution in [3.8, 4) is 0 Å². The number of carbonyl (C=O) groups excluding carboxylic acids is 1. The van der Waals surface area contributed by atoms with Crippen molar-refractivity contribution in [3.63, 3.8) is 0 Å². The first-order valence-corrected chi connectivity index (χ1v) is 5.31. The van der Waals surface area contributed by atoms with Gasteiger partial charge in [-0.1, -0.05) is 18.2 Å². The summed E-state index contributed by atoms with van der Waals surface area (Å²) in [6, 6.07) is 9.33. The van der Waals surface area contributed by atoms with Gasteiger partial charge >= 0.3 is 0 Å². The normalized spacial score (nSPS) is 9.44. The van der Waals surface area contributed by atoms with Gasteiger partial charge in [0.25, 0.3) is 5.91 Å². The number of amides is 1. The Balaban J connectivity index is 2.75. The van der Waals surface area contributed by atoms with E-state index in [0.717, 1.165) is 11.3 Å². The van der Waals surface area contributed by atoms with Crippen LogP contribution in [0.25, 0.3) is 0 Å². The summed E-state index contributed by atoms with van der Waals surface area (Å²) < 4.78 is 5.30. The average molecular weight is 219 g/mol. The molecular formula is C13H17NO2. The molecule has 0 saturated heterocycles. The zero-order valence-corrected chi connectivity index (χ0v) is 9.91. The van der Waals surface area contributed by atoms with Crippen LogP contribution in [0, 0.1) is 0 Å². The molecule has 0 bridgehead atoms. The maximum atomic E-state index is 11.9. The third-order valence-electron chi connectivity index (χ3n) is 1.98. The summed E-state index contributed by atoms with van der Waals surface area (Å²) in [6.07, 6.45) is 0. The van der Waals surface area contributed by atoms with Gasteiger partial charge < -0.3 is 10.1 Å². The average Bonchev–Trinajstić information content (AvgIpc) is 2.26. The molecule has 0 unspecified atom stereocenters. The Kier molecular flexibility index (Phi) is 4.58. The molecule has 0 atom stereocenters. The summed E-state index contributed by atoms with van der Waals surface area (Å²) in [6.45, 7) is 6.06. The Hall–Kier alpha value is -1.77. The first-order valence-electron chi connectivity index (χ1n) is 5.31. The minimum Gasteiger partial charge on any atom is -0.488 e. The Morgan fingerprint density at radius 2 is 1.88 bits per heavy atom. The number of allylic oxidation sites excluding steroid dienone is 1. The van der Waals surface area contributed by atoms with Crippen LogP contribution < -0.4 is 5.32 Å². The Morgan fingerprint density at radius 3 is 2.38 bits per heavy atom. The summed E-state index contributed by atoms with van der Waals surface area (Å²) in [7, 11) is 0. The van der Waals surface area contributed by atoms with Gasteiger partial charge in [0.05, 0.1) is 6.61 Å². The molecule has 1 N–H and O–H groups in total. The van der Waals surface area contributed by atoms with Gasteiger partial charge in [0.1, 0.15) is 0 Å². The van der Waals surface area contributed by atoms with Crippen LogP contribution in [0.5, 0.6) is 0 Å². The van der Waals surface area contributed by atoms with Crippen LogP contribution >= 0.6 is 0 Å². The van der Waals surface area contributed by atoms with Gasteiger partial charge in [0, 0.05) is 5.69 Å². The summed E-state index contributed by atoms with van der Waals surface area (Å²) in [4.78, 5) is 11.9. The van der Waals surface area contributed by atoms with Crippen molar-refractivity contribution >= 4 is 11.6 Å². The lowest BCUT2D eigenvalue weighted by molar-refractivity contribution is -0.116. The third kappa shape index (κ3) is 3.42. The van der Waals surface area contributed by atoms with E-state index in [1.54, 1.807) is 0 Å². The molecule has 1 aromatic carbocycles. The van der Waals surface area contributed by atoms with Gasteiger partial charge in [-0.3, -0.25) is 4.79 Å². The molecule has 1 amide bonds. The first-order chi connectivity index (χ1) is 7.65. The van der Waals surface area contributed by atoms with Crippen LogP contribution in [0.4, 0.5) is 5.69 Å². The maximum absolute atomic E-state index is 11.9. The highest BCUT2D eigenvalue weighted by Crippen LogP contribution is 2.11. The van der Waals surface area contributed by atoms with E-state index in [0.29, 0.717) is 12.4 Å². The lowest BCUT2D eigenvalue weighted by atomic mass is 10.2. The number of rotatable bonds is 4. The molecule has 0 fully saturated rings. The predicted molar refractivity (Wildman–Crippen MR) is 65.1 cm³/mol. The summed E-state index contributed by atoms with van der Waals surface area (Å²) in [5.41, 5.74) is 1.64. The van der Waals surface area contributed by atoms with E-state index in [1.165, 1.54) is 0 Å². The van der Waals surface area contributed by atoms with E-state index < -0.39 is 0 Å². The van der Waals surface area contributed by atoms with Crippen LogP contribution in [0.2, 0.25) is 0 Å². The van der Waals surface area contributed by atoms with Crippen LogP contribution in [0.15, 0.2) is 41.7 Å². The van der Waals surface area contributed by atoms with E-state index in [-0.39, 0.29) is 5.91 Å². The predicted octanol–water partition coefficient (Wildman–Crippen LogP) is 2.96. The molecule has 0 aliphatic heterocycles. The van der Waals surface area contributed by atoms with Crippen LogP contribution in [0.1, 0.15) is 20.8 Å². The second kappa shape index (κ2) is 5.95. The van der Waals surface area contributed by atoms with Crippen molar-refractivity contribution in [2.24, 2.45) is 0 Å². The molecule has 1 aromatic rings. The van der Waals surface area contributed by atoms with Gasteiger partial charge in [-0.25, -0.2) is 0 Å². The summed E-state index contributed by atoms with van der Waals surface area (Å²) in [5, 5.41) is 2.79. The largest absolute Gasteiger partial charge is 0.488 e. The Morgan fingerprint density at radius 1 is 1.25 bits per heavy atom. The van der Waals surface area contributed by atoms with E-state index in [1.807, 2.05) is 51.1 Å².